The average Bonchev–Trinajstić information content (AvgIpc) is 3.28. The third kappa shape index (κ3) is 4.12. The standard InChI is InChI=1S/C20H18ClN3O2S/c21-15-8-6-14(7-9-15)19-17(24-10-11-27-20(24)23-19)12-22-18(25)13-26-16-4-2-1-3-5-16/h1-9H,10-13H2,(H,22,25). The first-order chi connectivity index (χ1) is 13.2. The van der Waals surface area contributed by atoms with E-state index >= 15 is 0 Å². The molecule has 0 unspecified atom stereocenters. The van der Waals surface area contributed by atoms with Crippen molar-refractivity contribution in [1.82, 2.24) is 14.9 Å². The molecule has 0 aliphatic carbocycles. The maximum absolute atomic E-state index is 12.2. The lowest BCUT2D eigenvalue weighted by Crippen LogP contribution is -2.29. The lowest BCUT2D eigenvalue weighted by Gasteiger charge is -2.10. The van der Waals surface area contributed by atoms with Gasteiger partial charge in [0, 0.05) is 22.9 Å². The Morgan fingerprint density at radius 2 is 1.96 bits per heavy atom. The molecular weight excluding hydrogens is 382 g/mol. The fraction of sp³-hybridized carbons (Fsp3) is 0.200. The monoisotopic (exact) mass is 399 g/mol. The topological polar surface area (TPSA) is 56.1 Å². The molecule has 0 spiro atoms. The van der Waals surface area contributed by atoms with Crippen LogP contribution in [0.25, 0.3) is 11.3 Å². The molecule has 1 N–H and O–H groups in total. The predicted octanol–water partition coefficient (Wildman–Crippen LogP) is 4.00. The minimum atomic E-state index is -0.165. The zero-order valence-electron chi connectivity index (χ0n) is 14.5. The largest absolute Gasteiger partial charge is 0.484 e. The van der Waals surface area contributed by atoms with Crippen LogP contribution in [0.15, 0.2) is 59.8 Å². The van der Waals surface area contributed by atoms with Crippen LogP contribution in [0.3, 0.4) is 0 Å². The summed E-state index contributed by atoms with van der Waals surface area (Å²) in [6, 6.07) is 16.9. The summed E-state index contributed by atoms with van der Waals surface area (Å²) in [6.07, 6.45) is 0. The van der Waals surface area contributed by atoms with Gasteiger partial charge in [0.05, 0.1) is 17.9 Å². The molecule has 2 heterocycles. The first-order valence-electron chi connectivity index (χ1n) is 8.63. The maximum atomic E-state index is 12.2. The van der Waals surface area contributed by atoms with Crippen LogP contribution in [0, 0.1) is 0 Å². The number of hydrogen-bond acceptors (Lipinski definition) is 4. The number of benzene rings is 2. The van der Waals surface area contributed by atoms with E-state index in [-0.39, 0.29) is 12.5 Å². The molecule has 27 heavy (non-hydrogen) atoms. The van der Waals surface area contributed by atoms with Gasteiger partial charge in [0.25, 0.3) is 5.91 Å². The van der Waals surface area contributed by atoms with Crippen molar-refractivity contribution in [1.29, 1.82) is 0 Å². The maximum Gasteiger partial charge on any atom is 0.258 e. The number of ether oxygens (including phenoxy) is 1. The summed E-state index contributed by atoms with van der Waals surface area (Å²) >= 11 is 7.73. The highest BCUT2D eigenvalue weighted by Gasteiger charge is 2.22. The fourth-order valence-corrected chi connectivity index (χ4v) is 4.05. The van der Waals surface area contributed by atoms with Gasteiger partial charge in [0.15, 0.2) is 11.8 Å². The molecule has 1 aliphatic heterocycles. The highest BCUT2D eigenvalue weighted by molar-refractivity contribution is 7.99. The SMILES string of the molecule is O=C(COc1ccccc1)NCc1c(-c2ccc(Cl)cc2)nc2n1CCS2. The molecule has 0 saturated heterocycles. The predicted molar refractivity (Wildman–Crippen MR) is 107 cm³/mol. The zero-order chi connectivity index (χ0) is 18.6. The van der Waals surface area contributed by atoms with Gasteiger partial charge >= 0.3 is 0 Å². The van der Waals surface area contributed by atoms with Crippen LogP contribution in [-0.4, -0.2) is 27.8 Å². The molecule has 0 saturated carbocycles. The smallest absolute Gasteiger partial charge is 0.258 e. The molecule has 7 heteroatoms. The second kappa shape index (κ2) is 8.06. The number of carbonyl (C=O) groups is 1. The van der Waals surface area contributed by atoms with Crippen molar-refractivity contribution in [2.75, 3.05) is 12.4 Å². The van der Waals surface area contributed by atoms with Crippen molar-refractivity contribution in [3.8, 4) is 17.0 Å². The highest BCUT2D eigenvalue weighted by atomic mass is 35.5. The molecule has 3 aromatic rings. The number of thioether (sulfide) groups is 1. The Hall–Kier alpha value is -2.44. The van der Waals surface area contributed by atoms with Gasteiger partial charge in [-0.2, -0.15) is 0 Å². The summed E-state index contributed by atoms with van der Waals surface area (Å²) in [4.78, 5) is 17.0. The van der Waals surface area contributed by atoms with Gasteiger partial charge in [-0.05, 0) is 24.3 Å². The van der Waals surface area contributed by atoms with Crippen LogP contribution in [-0.2, 0) is 17.9 Å². The van der Waals surface area contributed by atoms with Gasteiger partial charge in [-0.25, -0.2) is 4.98 Å². The summed E-state index contributed by atoms with van der Waals surface area (Å²) in [5.74, 6) is 1.51. The van der Waals surface area contributed by atoms with Crippen molar-refractivity contribution >= 4 is 29.3 Å². The number of nitrogens with one attached hydrogen (secondary N) is 1. The molecule has 5 nitrogen and oxygen atoms in total. The second-order valence-corrected chi connectivity index (χ2v) is 7.57. The van der Waals surface area contributed by atoms with Crippen molar-refractivity contribution in [2.24, 2.45) is 0 Å². The summed E-state index contributed by atoms with van der Waals surface area (Å²) in [5, 5.41) is 4.62. The normalized spacial score (nSPS) is 12.6. The Labute approximate surface area is 166 Å². The highest BCUT2D eigenvalue weighted by Crippen LogP contribution is 2.33. The number of amides is 1. The van der Waals surface area contributed by atoms with Gasteiger partial charge in [-0.3, -0.25) is 4.79 Å². The molecule has 0 fully saturated rings. The summed E-state index contributed by atoms with van der Waals surface area (Å²) < 4.78 is 7.68. The first kappa shape index (κ1) is 17.9. The van der Waals surface area contributed by atoms with Crippen molar-refractivity contribution in [3.05, 3.63) is 65.3 Å². The van der Waals surface area contributed by atoms with Crippen LogP contribution in [0.1, 0.15) is 5.69 Å². The lowest BCUT2D eigenvalue weighted by atomic mass is 10.1. The van der Waals surface area contributed by atoms with Gasteiger partial charge < -0.3 is 14.6 Å². The van der Waals surface area contributed by atoms with Crippen LogP contribution in [0.5, 0.6) is 5.75 Å². The molecule has 1 aromatic heterocycles. The molecule has 0 atom stereocenters. The van der Waals surface area contributed by atoms with Gasteiger partial charge in [0.2, 0.25) is 0 Å². The first-order valence-corrected chi connectivity index (χ1v) is 10.00. The number of rotatable bonds is 6. The number of nitrogens with zero attached hydrogens (tertiary/aromatic N) is 2. The molecule has 4 rings (SSSR count). The van der Waals surface area contributed by atoms with Crippen LogP contribution in [0.4, 0.5) is 0 Å². The van der Waals surface area contributed by atoms with Gasteiger partial charge in [-0.15, -0.1) is 0 Å². The van der Waals surface area contributed by atoms with Crippen LogP contribution >= 0.6 is 23.4 Å². The Bertz CT molecular complexity index is 942. The van der Waals surface area contributed by atoms with E-state index in [1.54, 1.807) is 11.8 Å². The van der Waals surface area contributed by atoms with Crippen LogP contribution < -0.4 is 10.1 Å². The zero-order valence-corrected chi connectivity index (χ0v) is 16.1. The Balaban J connectivity index is 1.46. The number of halogens is 1. The number of carbonyl (C=O) groups excluding carboxylic acids is 1. The number of imidazole rings is 1. The molecule has 1 aliphatic rings. The van der Waals surface area contributed by atoms with Crippen molar-refractivity contribution in [3.63, 3.8) is 0 Å². The van der Waals surface area contributed by atoms with E-state index in [0.717, 1.165) is 34.4 Å². The van der Waals surface area contributed by atoms with E-state index in [1.165, 1.54) is 0 Å². The summed E-state index contributed by atoms with van der Waals surface area (Å²) in [7, 11) is 0. The van der Waals surface area contributed by atoms with Crippen molar-refractivity contribution in [2.45, 2.75) is 18.2 Å². The molecule has 138 valence electrons. The fourth-order valence-electron chi connectivity index (χ4n) is 2.95. The number of aromatic nitrogens is 2. The van der Waals surface area contributed by atoms with Gasteiger partial charge in [0.1, 0.15) is 5.75 Å². The molecule has 0 bridgehead atoms. The van der Waals surface area contributed by atoms with E-state index in [9.17, 15) is 4.79 Å². The molecule has 0 radical (unpaired) electrons. The molecule has 2 aromatic carbocycles. The quantitative estimate of drug-likeness (QED) is 0.680. The number of hydrogen-bond donors (Lipinski definition) is 1. The lowest BCUT2D eigenvalue weighted by molar-refractivity contribution is -0.123. The van der Waals surface area contributed by atoms with E-state index in [0.29, 0.717) is 17.3 Å². The third-order valence-corrected chi connectivity index (χ3v) is 5.48. The Kier molecular flexibility index (Phi) is 5.36. The Morgan fingerprint density at radius 1 is 1.19 bits per heavy atom. The third-order valence-electron chi connectivity index (χ3n) is 4.27. The number of fused-ring (bicyclic) bond motifs is 1. The molecular formula is C20H18ClN3O2S. The van der Waals surface area contributed by atoms with E-state index in [2.05, 4.69) is 9.88 Å². The minimum Gasteiger partial charge on any atom is -0.484 e. The van der Waals surface area contributed by atoms with Gasteiger partial charge in [-0.1, -0.05) is 53.7 Å². The summed E-state index contributed by atoms with van der Waals surface area (Å²) in [6.45, 7) is 1.28. The van der Waals surface area contributed by atoms with Crippen molar-refractivity contribution < 1.29 is 9.53 Å². The molecule has 1 amide bonds. The van der Waals surface area contributed by atoms with E-state index in [1.807, 2.05) is 54.6 Å². The average molecular weight is 400 g/mol. The Morgan fingerprint density at radius 3 is 2.74 bits per heavy atom. The second-order valence-electron chi connectivity index (χ2n) is 6.08. The van der Waals surface area contributed by atoms with E-state index in [4.69, 9.17) is 21.3 Å². The van der Waals surface area contributed by atoms with E-state index < -0.39 is 0 Å². The minimum absolute atomic E-state index is 0.0178. The number of para-hydroxylation sites is 1. The van der Waals surface area contributed by atoms with Crippen LogP contribution in [0.2, 0.25) is 5.02 Å². The summed E-state index contributed by atoms with van der Waals surface area (Å²) in [5.41, 5.74) is 2.88.